The second-order valence-electron chi connectivity index (χ2n) is 6.82. The van der Waals surface area contributed by atoms with Crippen molar-refractivity contribution in [2.75, 3.05) is 5.73 Å². The summed E-state index contributed by atoms with van der Waals surface area (Å²) < 4.78 is 1.57. The number of halogens is 2. The monoisotopic (exact) mass is 594 g/mol. The molecule has 1 aliphatic carbocycles. The van der Waals surface area contributed by atoms with Gasteiger partial charge in [0.25, 0.3) is 0 Å². The third-order valence-corrected chi connectivity index (χ3v) is 6.80. The summed E-state index contributed by atoms with van der Waals surface area (Å²) in [6.45, 7) is 0. The first kappa shape index (κ1) is 19.4. The van der Waals surface area contributed by atoms with Crippen molar-refractivity contribution in [3.8, 4) is 23.1 Å². The zero-order valence-electron chi connectivity index (χ0n) is 14.8. The summed E-state index contributed by atoms with van der Waals surface area (Å²) >= 11 is 4.27. The van der Waals surface area contributed by atoms with Crippen LogP contribution >= 0.6 is 45.2 Å². The summed E-state index contributed by atoms with van der Waals surface area (Å²) in [6.07, 6.45) is 3.91. The van der Waals surface area contributed by atoms with Gasteiger partial charge >= 0.3 is 0 Å². The van der Waals surface area contributed by atoms with Gasteiger partial charge in [0, 0.05) is 22.2 Å². The van der Waals surface area contributed by atoms with Crippen LogP contribution < -0.4 is 5.73 Å². The highest BCUT2D eigenvalue weighted by Gasteiger charge is 2.24. The minimum atomic E-state index is -0.126. The van der Waals surface area contributed by atoms with E-state index in [-0.39, 0.29) is 11.5 Å². The predicted octanol–water partition coefficient (Wildman–Crippen LogP) is 5.17. The number of rotatable bonds is 2. The number of aryl methyl sites for hydroxylation is 1. The van der Waals surface area contributed by atoms with Crippen molar-refractivity contribution in [3.05, 3.63) is 48.1 Å². The number of aromatic nitrogens is 1. The Bertz CT molecular complexity index is 1170. The molecule has 4 N–H and O–H groups in total. The second kappa shape index (κ2) is 7.48. The maximum absolute atomic E-state index is 10.1. The molecular weight excluding hydrogens is 578 g/mol. The highest BCUT2D eigenvalue weighted by molar-refractivity contribution is 14.1. The van der Waals surface area contributed by atoms with Gasteiger partial charge in [0.1, 0.15) is 17.5 Å². The van der Waals surface area contributed by atoms with Gasteiger partial charge in [-0.05, 0) is 106 Å². The quantitative estimate of drug-likeness (QED) is 0.216. The summed E-state index contributed by atoms with van der Waals surface area (Å²) in [5.74, 6) is 0.289. The van der Waals surface area contributed by atoms with Crippen molar-refractivity contribution in [3.63, 3.8) is 0 Å². The van der Waals surface area contributed by atoms with E-state index in [9.17, 15) is 10.4 Å². The topological polar surface area (TPSA) is 107 Å². The number of hydrogen-bond acceptors (Lipinski definition) is 5. The predicted molar refractivity (Wildman–Crippen MR) is 128 cm³/mol. The van der Waals surface area contributed by atoms with E-state index in [0.717, 1.165) is 66.1 Å². The van der Waals surface area contributed by atoms with E-state index in [1.54, 1.807) is 6.07 Å². The van der Waals surface area contributed by atoms with Crippen molar-refractivity contribution >= 4 is 67.5 Å². The lowest BCUT2D eigenvalue weighted by molar-refractivity contribution is 0.467. The molecule has 0 saturated carbocycles. The summed E-state index contributed by atoms with van der Waals surface area (Å²) in [4.78, 5) is 4.94. The van der Waals surface area contributed by atoms with E-state index in [2.05, 4.69) is 45.2 Å². The number of phenolic OH excluding ortho intramolecular Hbond substituents is 1. The normalized spacial score (nSPS) is 13.2. The molecule has 140 valence electrons. The van der Waals surface area contributed by atoms with Gasteiger partial charge in [-0.25, -0.2) is 4.98 Å². The number of phenols is 1. The average molecular weight is 594 g/mol. The van der Waals surface area contributed by atoms with Gasteiger partial charge in [-0.3, -0.25) is 5.41 Å². The van der Waals surface area contributed by atoms with Gasteiger partial charge in [0.15, 0.2) is 0 Å². The largest absolute Gasteiger partial charge is 0.506 e. The first-order valence-electron chi connectivity index (χ1n) is 8.83. The summed E-state index contributed by atoms with van der Waals surface area (Å²) in [6, 6.07) is 9.43. The van der Waals surface area contributed by atoms with Crippen LogP contribution in [0, 0.1) is 23.9 Å². The van der Waals surface area contributed by atoms with Crippen LogP contribution in [0.25, 0.3) is 22.2 Å². The smallest absolute Gasteiger partial charge is 0.142 e. The van der Waals surface area contributed by atoms with Crippen molar-refractivity contribution in [1.82, 2.24) is 4.98 Å². The first-order chi connectivity index (χ1) is 13.4. The number of fused-ring (bicyclic) bond motifs is 3. The van der Waals surface area contributed by atoms with Crippen molar-refractivity contribution < 1.29 is 5.11 Å². The number of aromatic hydroxyl groups is 1. The van der Waals surface area contributed by atoms with Crippen LogP contribution in [-0.4, -0.2) is 15.8 Å². The van der Waals surface area contributed by atoms with Crippen molar-refractivity contribution in [2.24, 2.45) is 0 Å². The molecule has 28 heavy (non-hydrogen) atoms. The Morgan fingerprint density at radius 1 is 1.14 bits per heavy atom. The molecule has 4 rings (SSSR count). The van der Waals surface area contributed by atoms with Crippen LogP contribution in [0.2, 0.25) is 0 Å². The fourth-order valence-corrected chi connectivity index (χ4v) is 5.67. The standard InChI is InChI=1S/C21H16I2N4O/c22-13-7-10(8-14(23)21(13)28)20-12-4-2-1-3-11(12)18-17(27-20)6-5-15(25)19(18)16(26)9-24/h5-8,26,28H,1-4,25H2. The molecule has 5 nitrogen and oxygen atoms in total. The highest BCUT2D eigenvalue weighted by Crippen LogP contribution is 2.40. The minimum absolute atomic E-state index is 0.126. The fourth-order valence-electron chi connectivity index (χ4n) is 3.90. The molecule has 1 aliphatic rings. The van der Waals surface area contributed by atoms with E-state index < -0.39 is 0 Å². The third-order valence-electron chi connectivity index (χ3n) is 5.16. The van der Waals surface area contributed by atoms with Gasteiger partial charge in [0.05, 0.1) is 18.4 Å². The minimum Gasteiger partial charge on any atom is -0.506 e. The Balaban J connectivity index is 2.10. The molecular formula is C21H16I2N4O. The molecule has 0 spiro atoms. The number of nitriles is 1. The van der Waals surface area contributed by atoms with Gasteiger partial charge in [-0.2, -0.15) is 5.26 Å². The molecule has 0 bridgehead atoms. The van der Waals surface area contributed by atoms with E-state index in [1.165, 1.54) is 0 Å². The van der Waals surface area contributed by atoms with Gasteiger partial charge in [-0.1, -0.05) is 0 Å². The zero-order valence-corrected chi connectivity index (χ0v) is 19.1. The lowest BCUT2D eigenvalue weighted by atomic mass is 9.84. The Labute approximate surface area is 189 Å². The molecule has 2 aromatic carbocycles. The second-order valence-corrected chi connectivity index (χ2v) is 9.15. The van der Waals surface area contributed by atoms with E-state index >= 15 is 0 Å². The SMILES string of the molecule is N#CC(=N)c1c(N)ccc2nc(-c3cc(I)c(O)c(I)c3)c3c(c12)CCCC3. The van der Waals surface area contributed by atoms with Crippen LogP contribution in [0.3, 0.4) is 0 Å². The van der Waals surface area contributed by atoms with Crippen molar-refractivity contribution in [2.45, 2.75) is 25.7 Å². The first-order valence-corrected chi connectivity index (χ1v) is 11.0. The number of pyridine rings is 1. The van der Waals surface area contributed by atoms with Gasteiger partial charge < -0.3 is 10.8 Å². The number of anilines is 1. The molecule has 0 fully saturated rings. The molecule has 0 atom stereocenters. The number of benzene rings is 2. The fraction of sp³-hybridized carbons (Fsp3) is 0.190. The molecule has 3 aromatic rings. The van der Waals surface area contributed by atoms with Crippen LogP contribution in [-0.2, 0) is 12.8 Å². The number of nitrogens with two attached hydrogens (primary N) is 1. The van der Waals surface area contributed by atoms with Gasteiger partial charge in [0.2, 0.25) is 0 Å². The molecule has 0 aliphatic heterocycles. The van der Waals surface area contributed by atoms with E-state index in [1.807, 2.05) is 24.3 Å². The molecule has 0 amide bonds. The lowest BCUT2D eigenvalue weighted by Crippen LogP contribution is -2.11. The molecule has 0 radical (unpaired) electrons. The number of nitrogen functional groups attached to an aromatic ring is 1. The molecule has 7 heteroatoms. The Hall–Kier alpha value is -1.93. The maximum atomic E-state index is 10.1. The van der Waals surface area contributed by atoms with Crippen molar-refractivity contribution in [1.29, 1.82) is 10.7 Å². The Kier molecular flexibility index (Phi) is 5.18. The summed E-state index contributed by atoms with van der Waals surface area (Å²) in [5, 5.41) is 28.4. The summed E-state index contributed by atoms with van der Waals surface area (Å²) in [7, 11) is 0. The Morgan fingerprint density at radius 3 is 2.43 bits per heavy atom. The Morgan fingerprint density at radius 2 is 1.79 bits per heavy atom. The van der Waals surface area contributed by atoms with E-state index in [4.69, 9.17) is 16.1 Å². The summed E-state index contributed by atoms with van der Waals surface area (Å²) in [5.41, 5.74) is 11.9. The number of nitrogens with zero attached hydrogens (tertiary/aromatic N) is 2. The maximum Gasteiger partial charge on any atom is 0.142 e. The van der Waals surface area contributed by atoms with Crippen LogP contribution in [0.15, 0.2) is 24.3 Å². The number of hydrogen-bond donors (Lipinski definition) is 3. The van der Waals surface area contributed by atoms with Crippen LogP contribution in [0.5, 0.6) is 5.75 Å². The third kappa shape index (κ3) is 3.12. The van der Waals surface area contributed by atoms with Gasteiger partial charge in [-0.15, -0.1) is 0 Å². The number of nitrogens with one attached hydrogen (secondary N) is 1. The van der Waals surface area contributed by atoms with Crippen LogP contribution in [0.1, 0.15) is 29.5 Å². The molecule has 0 unspecified atom stereocenters. The van der Waals surface area contributed by atoms with E-state index in [0.29, 0.717) is 11.3 Å². The van der Waals surface area contributed by atoms with Crippen LogP contribution in [0.4, 0.5) is 5.69 Å². The molecule has 1 heterocycles. The highest BCUT2D eigenvalue weighted by atomic mass is 127. The molecule has 0 saturated heterocycles. The molecule has 1 aromatic heterocycles. The zero-order chi connectivity index (χ0) is 20.0. The average Bonchev–Trinajstić information content (AvgIpc) is 2.70. The lowest BCUT2D eigenvalue weighted by Gasteiger charge is -2.23.